The summed E-state index contributed by atoms with van der Waals surface area (Å²) in [5.41, 5.74) is 0.782. The molecule has 0 atom stereocenters. The molecule has 0 radical (unpaired) electrons. The fourth-order valence-corrected chi connectivity index (χ4v) is 2.40. The molecule has 0 aliphatic carbocycles. The first-order chi connectivity index (χ1) is 6.81. The molecule has 0 saturated heterocycles. The van der Waals surface area contributed by atoms with E-state index in [1.54, 1.807) is 6.07 Å². The zero-order valence-electron chi connectivity index (χ0n) is 7.04. The van der Waals surface area contributed by atoms with Crippen molar-refractivity contribution in [3.63, 3.8) is 0 Å². The van der Waals surface area contributed by atoms with Crippen molar-refractivity contribution in [2.45, 2.75) is 6.42 Å². The SMILES string of the molecule is ClCCc1nnc(-c2ccoc2Cl)s1. The van der Waals surface area contributed by atoms with Crippen LogP contribution >= 0.6 is 34.5 Å². The van der Waals surface area contributed by atoms with Crippen LogP contribution in [-0.2, 0) is 6.42 Å². The second-order valence-corrected chi connectivity index (χ2v) is 4.33. The van der Waals surface area contributed by atoms with E-state index in [9.17, 15) is 0 Å². The molecule has 2 aromatic rings. The van der Waals surface area contributed by atoms with Crippen molar-refractivity contribution >= 4 is 34.5 Å². The number of halogens is 2. The molecule has 2 aromatic heterocycles. The first-order valence-electron chi connectivity index (χ1n) is 3.93. The second-order valence-electron chi connectivity index (χ2n) is 2.55. The largest absolute Gasteiger partial charge is 0.452 e. The highest BCUT2D eigenvalue weighted by atomic mass is 35.5. The van der Waals surface area contributed by atoms with Gasteiger partial charge in [0.05, 0.1) is 11.8 Å². The van der Waals surface area contributed by atoms with Crippen molar-refractivity contribution in [3.8, 4) is 10.6 Å². The third kappa shape index (κ3) is 1.92. The quantitative estimate of drug-likeness (QED) is 0.784. The second kappa shape index (κ2) is 4.29. The number of furan rings is 1. The maximum Gasteiger partial charge on any atom is 0.203 e. The normalized spacial score (nSPS) is 10.7. The van der Waals surface area contributed by atoms with Crippen LogP contribution < -0.4 is 0 Å². The van der Waals surface area contributed by atoms with Gasteiger partial charge in [-0.05, 0) is 17.7 Å². The van der Waals surface area contributed by atoms with Crippen molar-refractivity contribution in [1.82, 2.24) is 10.2 Å². The zero-order valence-corrected chi connectivity index (χ0v) is 9.36. The van der Waals surface area contributed by atoms with Crippen molar-refractivity contribution in [3.05, 3.63) is 22.6 Å². The molecule has 2 heterocycles. The van der Waals surface area contributed by atoms with E-state index in [4.69, 9.17) is 27.6 Å². The minimum atomic E-state index is 0.346. The lowest BCUT2D eigenvalue weighted by molar-refractivity contribution is 0.570. The predicted molar refractivity (Wildman–Crippen MR) is 57.0 cm³/mol. The van der Waals surface area contributed by atoms with E-state index in [2.05, 4.69) is 10.2 Å². The van der Waals surface area contributed by atoms with Crippen LogP contribution in [0.3, 0.4) is 0 Å². The van der Waals surface area contributed by atoms with Crippen LogP contribution in [0, 0.1) is 0 Å². The van der Waals surface area contributed by atoms with Gasteiger partial charge in [-0.3, -0.25) is 0 Å². The van der Waals surface area contributed by atoms with E-state index >= 15 is 0 Å². The van der Waals surface area contributed by atoms with Crippen LogP contribution in [0.15, 0.2) is 16.7 Å². The van der Waals surface area contributed by atoms with Crippen LogP contribution in [0.1, 0.15) is 5.01 Å². The van der Waals surface area contributed by atoms with E-state index in [0.717, 1.165) is 22.0 Å². The van der Waals surface area contributed by atoms with Crippen LogP contribution in [0.5, 0.6) is 0 Å². The molecule has 6 heteroatoms. The Morgan fingerprint density at radius 2 is 2.29 bits per heavy atom. The highest BCUT2D eigenvalue weighted by molar-refractivity contribution is 7.14. The molecule has 2 rings (SSSR count). The fourth-order valence-electron chi connectivity index (χ4n) is 0.990. The molecule has 0 amide bonds. The predicted octanol–water partition coefficient (Wildman–Crippen LogP) is 3.23. The summed E-state index contributed by atoms with van der Waals surface area (Å²) in [7, 11) is 0. The Morgan fingerprint density at radius 3 is 2.93 bits per heavy atom. The maximum atomic E-state index is 5.81. The minimum Gasteiger partial charge on any atom is -0.452 e. The van der Waals surface area contributed by atoms with Crippen LogP contribution in [-0.4, -0.2) is 16.1 Å². The first kappa shape index (κ1) is 9.96. The van der Waals surface area contributed by atoms with E-state index in [-0.39, 0.29) is 0 Å². The van der Waals surface area contributed by atoms with E-state index in [1.165, 1.54) is 17.6 Å². The lowest BCUT2D eigenvalue weighted by atomic mass is 10.4. The molecule has 0 N–H and O–H groups in total. The van der Waals surface area contributed by atoms with Gasteiger partial charge in [0.1, 0.15) is 5.01 Å². The highest BCUT2D eigenvalue weighted by Crippen LogP contribution is 2.30. The molecule has 74 valence electrons. The molecule has 0 aliphatic heterocycles. The summed E-state index contributed by atoms with van der Waals surface area (Å²) in [5, 5.41) is 10.0. The van der Waals surface area contributed by atoms with Gasteiger partial charge in [-0.2, -0.15) is 0 Å². The Bertz CT molecular complexity index is 426. The third-order valence-electron chi connectivity index (χ3n) is 1.62. The Morgan fingerprint density at radius 1 is 1.43 bits per heavy atom. The number of alkyl halides is 1. The molecule has 14 heavy (non-hydrogen) atoms. The average Bonchev–Trinajstić information content (AvgIpc) is 2.74. The average molecular weight is 249 g/mol. The molecule has 0 unspecified atom stereocenters. The first-order valence-corrected chi connectivity index (χ1v) is 5.66. The summed E-state index contributed by atoms with van der Waals surface area (Å²) in [6.45, 7) is 0. The standard InChI is InChI=1S/C8H6Cl2N2OS/c9-3-1-6-11-12-8(14-6)5-2-4-13-7(5)10/h2,4H,1,3H2. The fraction of sp³-hybridized carbons (Fsp3) is 0.250. The van der Waals surface area contributed by atoms with Crippen molar-refractivity contribution in [2.24, 2.45) is 0 Å². The van der Waals surface area contributed by atoms with Gasteiger partial charge in [-0.1, -0.05) is 11.3 Å². The Kier molecular flexibility index (Phi) is 3.05. The van der Waals surface area contributed by atoms with Gasteiger partial charge in [-0.25, -0.2) is 0 Å². The van der Waals surface area contributed by atoms with Gasteiger partial charge in [0.25, 0.3) is 0 Å². The topological polar surface area (TPSA) is 38.9 Å². The minimum absolute atomic E-state index is 0.346. The number of hydrogen-bond acceptors (Lipinski definition) is 4. The maximum absolute atomic E-state index is 5.81. The van der Waals surface area contributed by atoms with Crippen LogP contribution in [0.4, 0.5) is 0 Å². The van der Waals surface area contributed by atoms with Gasteiger partial charge >= 0.3 is 0 Å². The number of aryl methyl sites for hydroxylation is 1. The number of rotatable bonds is 3. The summed E-state index contributed by atoms with van der Waals surface area (Å²) in [6, 6.07) is 1.77. The Hall–Kier alpha value is -0.580. The number of aromatic nitrogens is 2. The van der Waals surface area contributed by atoms with Crippen LogP contribution in [0.25, 0.3) is 10.6 Å². The van der Waals surface area contributed by atoms with Gasteiger partial charge < -0.3 is 4.42 Å². The van der Waals surface area contributed by atoms with Gasteiger partial charge in [0.15, 0.2) is 5.01 Å². The summed E-state index contributed by atoms with van der Waals surface area (Å²) in [5.74, 6) is 0.549. The lowest BCUT2D eigenvalue weighted by Gasteiger charge is -1.87. The van der Waals surface area contributed by atoms with Gasteiger partial charge in [0.2, 0.25) is 5.22 Å². The lowest BCUT2D eigenvalue weighted by Crippen LogP contribution is -1.82. The third-order valence-corrected chi connectivity index (χ3v) is 3.12. The smallest absolute Gasteiger partial charge is 0.203 e. The van der Waals surface area contributed by atoms with E-state index < -0.39 is 0 Å². The molecule has 0 fully saturated rings. The Labute approximate surface area is 94.7 Å². The molecule has 0 spiro atoms. The number of hydrogen-bond donors (Lipinski definition) is 0. The molecule has 0 aliphatic rings. The van der Waals surface area contributed by atoms with Crippen LogP contribution in [0.2, 0.25) is 5.22 Å². The Balaban J connectivity index is 2.29. The van der Waals surface area contributed by atoms with Gasteiger partial charge in [0, 0.05) is 12.3 Å². The van der Waals surface area contributed by atoms with Crippen molar-refractivity contribution in [1.29, 1.82) is 0 Å². The monoisotopic (exact) mass is 248 g/mol. The van der Waals surface area contributed by atoms with Crippen molar-refractivity contribution in [2.75, 3.05) is 5.88 Å². The molecule has 0 bridgehead atoms. The summed E-state index contributed by atoms with van der Waals surface area (Å²) in [6.07, 6.45) is 2.26. The molecule has 0 saturated carbocycles. The summed E-state index contributed by atoms with van der Waals surface area (Å²) >= 11 is 12.9. The molecular formula is C8H6Cl2N2OS. The molecular weight excluding hydrogens is 243 g/mol. The van der Waals surface area contributed by atoms with Crippen molar-refractivity contribution < 1.29 is 4.42 Å². The highest BCUT2D eigenvalue weighted by Gasteiger charge is 2.11. The summed E-state index contributed by atoms with van der Waals surface area (Å²) < 4.78 is 4.97. The van der Waals surface area contributed by atoms with E-state index in [0.29, 0.717) is 11.1 Å². The summed E-state index contributed by atoms with van der Waals surface area (Å²) in [4.78, 5) is 0. The van der Waals surface area contributed by atoms with Gasteiger partial charge in [-0.15, -0.1) is 21.8 Å². The molecule has 3 nitrogen and oxygen atoms in total. The zero-order chi connectivity index (χ0) is 9.97. The number of nitrogens with zero attached hydrogens (tertiary/aromatic N) is 2. The molecule has 0 aromatic carbocycles. The van der Waals surface area contributed by atoms with E-state index in [1.807, 2.05) is 0 Å².